The molecule has 6 nitrogen and oxygen atoms in total. The number of methoxy groups -OCH3 is 1. The molecular formula is C13H17N5O. The number of hydrogen-bond acceptors (Lipinski definition) is 6. The summed E-state index contributed by atoms with van der Waals surface area (Å²) in [6.45, 7) is 4.75. The Labute approximate surface area is 112 Å². The first-order valence-corrected chi connectivity index (χ1v) is 6.09. The van der Waals surface area contributed by atoms with E-state index in [1.165, 1.54) is 12.7 Å². The van der Waals surface area contributed by atoms with E-state index in [4.69, 9.17) is 4.74 Å². The van der Waals surface area contributed by atoms with Crippen LogP contribution < -0.4 is 15.4 Å². The fraction of sp³-hybridized carbons (Fsp3) is 0.308. The molecule has 0 spiro atoms. The van der Waals surface area contributed by atoms with Crippen LogP contribution >= 0.6 is 0 Å². The van der Waals surface area contributed by atoms with Crippen LogP contribution in [0.3, 0.4) is 0 Å². The van der Waals surface area contributed by atoms with Gasteiger partial charge in [0, 0.05) is 12.2 Å². The molecule has 0 amide bonds. The molecular weight excluding hydrogens is 242 g/mol. The van der Waals surface area contributed by atoms with Crippen LogP contribution in [0.4, 0.5) is 17.6 Å². The lowest BCUT2D eigenvalue weighted by atomic mass is 10.2. The predicted molar refractivity (Wildman–Crippen MR) is 75.0 cm³/mol. The number of rotatable bonds is 5. The molecule has 0 atom stereocenters. The van der Waals surface area contributed by atoms with E-state index in [1.807, 2.05) is 38.1 Å². The number of benzene rings is 1. The third-order valence-corrected chi connectivity index (χ3v) is 2.44. The summed E-state index contributed by atoms with van der Waals surface area (Å²) in [6.07, 6.45) is 0. The van der Waals surface area contributed by atoms with Crippen molar-refractivity contribution in [2.24, 2.45) is 0 Å². The average molecular weight is 259 g/mol. The van der Waals surface area contributed by atoms with Gasteiger partial charge in [-0.15, -0.1) is 0 Å². The Balaban J connectivity index is 2.23. The van der Waals surface area contributed by atoms with Crippen molar-refractivity contribution in [2.75, 3.05) is 24.3 Å². The van der Waals surface area contributed by atoms with Crippen LogP contribution in [0, 0.1) is 6.92 Å². The summed E-state index contributed by atoms with van der Waals surface area (Å²) in [7, 11) is 1.53. The molecule has 1 aromatic carbocycles. The van der Waals surface area contributed by atoms with Gasteiger partial charge in [-0.3, -0.25) is 0 Å². The Morgan fingerprint density at radius 1 is 1.05 bits per heavy atom. The van der Waals surface area contributed by atoms with Gasteiger partial charge in [0.2, 0.25) is 11.9 Å². The summed E-state index contributed by atoms with van der Waals surface area (Å²) in [5.41, 5.74) is 2.12. The lowest BCUT2D eigenvalue weighted by Crippen LogP contribution is -2.07. The fourth-order valence-corrected chi connectivity index (χ4v) is 1.51. The molecule has 0 saturated heterocycles. The maximum Gasteiger partial charge on any atom is 0.322 e. The second-order valence-electron chi connectivity index (χ2n) is 3.99. The molecule has 6 heteroatoms. The van der Waals surface area contributed by atoms with Gasteiger partial charge < -0.3 is 15.4 Å². The molecule has 2 aromatic rings. The van der Waals surface area contributed by atoms with E-state index in [0.717, 1.165) is 12.2 Å². The van der Waals surface area contributed by atoms with Gasteiger partial charge in [0.1, 0.15) is 0 Å². The zero-order chi connectivity index (χ0) is 13.7. The summed E-state index contributed by atoms with van der Waals surface area (Å²) in [5, 5.41) is 6.16. The Morgan fingerprint density at radius 3 is 2.37 bits per heavy atom. The molecule has 0 bridgehead atoms. The molecule has 0 fully saturated rings. The highest BCUT2D eigenvalue weighted by molar-refractivity contribution is 5.54. The molecule has 2 N–H and O–H groups in total. The lowest BCUT2D eigenvalue weighted by molar-refractivity contribution is 0.379. The Bertz CT molecular complexity index is 541. The number of nitrogens with one attached hydrogen (secondary N) is 2. The van der Waals surface area contributed by atoms with E-state index in [1.54, 1.807) is 0 Å². The van der Waals surface area contributed by atoms with Gasteiger partial charge in [-0.2, -0.15) is 15.0 Å². The average Bonchev–Trinajstić information content (AvgIpc) is 2.41. The van der Waals surface area contributed by atoms with Gasteiger partial charge in [0.25, 0.3) is 0 Å². The Hall–Kier alpha value is -2.37. The second kappa shape index (κ2) is 5.99. The summed E-state index contributed by atoms with van der Waals surface area (Å²) in [6, 6.07) is 8.26. The van der Waals surface area contributed by atoms with Gasteiger partial charge in [-0.1, -0.05) is 17.7 Å². The number of hydrogen-bond donors (Lipinski definition) is 2. The molecule has 1 heterocycles. The minimum atomic E-state index is 0.278. The first-order valence-electron chi connectivity index (χ1n) is 6.09. The van der Waals surface area contributed by atoms with Crippen molar-refractivity contribution in [3.8, 4) is 6.01 Å². The summed E-state index contributed by atoms with van der Waals surface area (Å²) in [4.78, 5) is 12.5. The van der Waals surface area contributed by atoms with Crippen LogP contribution in [-0.2, 0) is 0 Å². The molecule has 0 unspecified atom stereocenters. The standard InChI is InChI=1S/C13H17N5O/c1-4-14-11-16-12(18-13(17-11)19-3)15-10-7-5-9(2)6-8-10/h5-8H,4H2,1-3H3,(H2,14,15,16,17,18). The lowest BCUT2D eigenvalue weighted by Gasteiger charge is -2.08. The van der Waals surface area contributed by atoms with Crippen molar-refractivity contribution in [2.45, 2.75) is 13.8 Å². The van der Waals surface area contributed by atoms with Crippen LogP contribution in [0.2, 0.25) is 0 Å². The molecule has 0 aliphatic rings. The fourth-order valence-electron chi connectivity index (χ4n) is 1.51. The molecule has 0 saturated carbocycles. The van der Waals surface area contributed by atoms with E-state index < -0.39 is 0 Å². The van der Waals surface area contributed by atoms with Gasteiger partial charge in [-0.25, -0.2) is 0 Å². The highest BCUT2D eigenvalue weighted by atomic mass is 16.5. The van der Waals surface area contributed by atoms with Crippen molar-refractivity contribution >= 4 is 17.6 Å². The van der Waals surface area contributed by atoms with Crippen molar-refractivity contribution in [3.63, 3.8) is 0 Å². The molecule has 100 valence electrons. The van der Waals surface area contributed by atoms with Gasteiger partial charge in [0.05, 0.1) is 7.11 Å². The van der Waals surface area contributed by atoms with Gasteiger partial charge in [-0.05, 0) is 26.0 Å². The first kappa shape index (κ1) is 13.1. The van der Waals surface area contributed by atoms with Crippen molar-refractivity contribution < 1.29 is 4.74 Å². The second-order valence-corrected chi connectivity index (χ2v) is 3.99. The quantitative estimate of drug-likeness (QED) is 0.859. The molecule has 19 heavy (non-hydrogen) atoms. The molecule has 2 rings (SSSR count). The largest absolute Gasteiger partial charge is 0.467 e. The van der Waals surface area contributed by atoms with Crippen molar-refractivity contribution in [1.82, 2.24) is 15.0 Å². The molecule has 0 radical (unpaired) electrons. The number of anilines is 3. The van der Waals surface area contributed by atoms with E-state index in [-0.39, 0.29) is 6.01 Å². The van der Waals surface area contributed by atoms with Crippen LogP contribution in [0.1, 0.15) is 12.5 Å². The smallest absolute Gasteiger partial charge is 0.322 e. The minimum absolute atomic E-state index is 0.278. The predicted octanol–water partition coefficient (Wildman–Crippen LogP) is 2.36. The molecule has 1 aromatic heterocycles. The third-order valence-electron chi connectivity index (χ3n) is 2.44. The van der Waals surface area contributed by atoms with Crippen LogP contribution in [0.25, 0.3) is 0 Å². The Kier molecular flexibility index (Phi) is 4.12. The third kappa shape index (κ3) is 3.54. The highest BCUT2D eigenvalue weighted by Crippen LogP contribution is 2.16. The number of aryl methyl sites for hydroxylation is 1. The maximum absolute atomic E-state index is 5.06. The van der Waals surface area contributed by atoms with Crippen LogP contribution in [0.5, 0.6) is 6.01 Å². The zero-order valence-electron chi connectivity index (χ0n) is 11.3. The first-order chi connectivity index (χ1) is 9.21. The Morgan fingerprint density at radius 2 is 1.74 bits per heavy atom. The van der Waals surface area contributed by atoms with Crippen molar-refractivity contribution in [1.29, 1.82) is 0 Å². The topological polar surface area (TPSA) is 72.0 Å². The normalized spacial score (nSPS) is 10.1. The summed E-state index contributed by atoms with van der Waals surface area (Å²) >= 11 is 0. The van der Waals surface area contributed by atoms with E-state index in [2.05, 4.69) is 25.6 Å². The van der Waals surface area contributed by atoms with Crippen molar-refractivity contribution in [3.05, 3.63) is 29.8 Å². The monoisotopic (exact) mass is 259 g/mol. The van der Waals surface area contributed by atoms with E-state index in [9.17, 15) is 0 Å². The summed E-state index contributed by atoms with van der Waals surface area (Å²) in [5.74, 6) is 0.940. The van der Waals surface area contributed by atoms with Gasteiger partial charge in [0.15, 0.2) is 0 Å². The van der Waals surface area contributed by atoms with E-state index >= 15 is 0 Å². The van der Waals surface area contributed by atoms with Crippen LogP contribution in [-0.4, -0.2) is 28.6 Å². The zero-order valence-corrected chi connectivity index (χ0v) is 11.3. The van der Waals surface area contributed by atoms with Gasteiger partial charge >= 0.3 is 6.01 Å². The molecule has 0 aliphatic carbocycles. The maximum atomic E-state index is 5.06. The SMILES string of the molecule is CCNc1nc(Nc2ccc(C)cc2)nc(OC)n1. The number of ether oxygens (including phenoxy) is 1. The number of aromatic nitrogens is 3. The highest BCUT2D eigenvalue weighted by Gasteiger charge is 2.06. The van der Waals surface area contributed by atoms with Crippen LogP contribution in [0.15, 0.2) is 24.3 Å². The number of nitrogens with zero attached hydrogens (tertiary/aromatic N) is 3. The molecule has 0 aliphatic heterocycles. The van der Waals surface area contributed by atoms with E-state index in [0.29, 0.717) is 11.9 Å². The summed E-state index contributed by atoms with van der Waals surface area (Å²) < 4.78 is 5.06. The minimum Gasteiger partial charge on any atom is -0.467 e.